The number of hydrogen-bond acceptors (Lipinski definition) is 2. The molecule has 3 heteroatoms. The molecule has 0 bridgehead atoms. The van der Waals surface area contributed by atoms with Crippen LogP contribution in [-0.2, 0) is 6.42 Å². The number of hydrogen-bond donors (Lipinski definition) is 0. The maximum absolute atomic E-state index is 5.81. The van der Waals surface area contributed by atoms with Crippen LogP contribution in [-0.4, -0.2) is 4.98 Å². The molecule has 0 spiro atoms. The van der Waals surface area contributed by atoms with Crippen molar-refractivity contribution in [2.24, 2.45) is 0 Å². The van der Waals surface area contributed by atoms with Crippen LogP contribution >= 0.6 is 22.9 Å². The molecule has 2 rings (SSSR count). The summed E-state index contributed by atoms with van der Waals surface area (Å²) in [6.45, 7) is 2.07. The average Bonchev–Trinajstić information content (AvgIpc) is 2.56. The Kier molecular flexibility index (Phi) is 2.85. The van der Waals surface area contributed by atoms with E-state index in [4.69, 9.17) is 11.6 Å². The van der Waals surface area contributed by atoms with Crippen LogP contribution < -0.4 is 0 Å². The van der Waals surface area contributed by atoms with Crippen LogP contribution in [0.15, 0.2) is 30.5 Å². The van der Waals surface area contributed by atoms with Crippen LogP contribution in [0.25, 0.3) is 0 Å². The maximum atomic E-state index is 5.81. The summed E-state index contributed by atoms with van der Waals surface area (Å²) in [6.07, 6.45) is 2.81. The zero-order valence-corrected chi connectivity index (χ0v) is 9.40. The number of rotatable bonds is 2. The van der Waals surface area contributed by atoms with Gasteiger partial charge < -0.3 is 0 Å². The zero-order chi connectivity index (χ0) is 9.97. The van der Waals surface area contributed by atoms with Gasteiger partial charge in [0, 0.05) is 22.5 Å². The standard InChI is InChI=1S/C11H10ClNS/c1-8-7-13-11(14-8)6-9-2-4-10(12)5-3-9/h2-5,7H,6H2,1H3. The van der Waals surface area contributed by atoms with Crippen molar-refractivity contribution in [1.82, 2.24) is 4.98 Å². The summed E-state index contributed by atoms with van der Waals surface area (Å²) in [5.74, 6) is 0. The van der Waals surface area contributed by atoms with Gasteiger partial charge in [-0.3, -0.25) is 0 Å². The summed E-state index contributed by atoms with van der Waals surface area (Å²) < 4.78 is 0. The first-order chi connectivity index (χ1) is 6.74. The van der Waals surface area contributed by atoms with Crippen LogP contribution in [0.1, 0.15) is 15.4 Å². The van der Waals surface area contributed by atoms with Gasteiger partial charge in [0.2, 0.25) is 0 Å². The quantitative estimate of drug-likeness (QED) is 0.757. The number of nitrogens with zero attached hydrogens (tertiary/aromatic N) is 1. The fraction of sp³-hybridized carbons (Fsp3) is 0.182. The van der Waals surface area contributed by atoms with Gasteiger partial charge in [-0.25, -0.2) is 4.98 Å². The van der Waals surface area contributed by atoms with Crippen molar-refractivity contribution in [3.05, 3.63) is 50.9 Å². The van der Waals surface area contributed by atoms with Gasteiger partial charge >= 0.3 is 0 Å². The molecule has 0 unspecified atom stereocenters. The minimum absolute atomic E-state index is 0.782. The van der Waals surface area contributed by atoms with Gasteiger partial charge in [0.15, 0.2) is 0 Å². The number of aromatic nitrogens is 1. The van der Waals surface area contributed by atoms with Crippen LogP contribution in [0.5, 0.6) is 0 Å². The summed E-state index contributed by atoms with van der Waals surface area (Å²) in [6, 6.07) is 7.91. The summed E-state index contributed by atoms with van der Waals surface area (Å²) in [5, 5.41) is 1.94. The fourth-order valence-corrected chi connectivity index (χ4v) is 2.21. The molecule has 72 valence electrons. The molecule has 0 fully saturated rings. The topological polar surface area (TPSA) is 12.9 Å². The molecule has 1 aromatic carbocycles. The lowest BCUT2D eigenvalue weighted by molar-refractivity contribution is 1.14. The zero-order valence-electron chi connectivity index (χ0n) is 7.83. The van der Waals surface area contributed by atoms with E-state index in [9.17, 15) is 0 Å². The largest absolute Gasteiger partial charge is 0.249 e. The number of benzene rings is 1. The third kappa shape index (κ3) is 2.34. The van der Waals surface area contributed by atoms with Crippen molar-refractivity contribution < 1.29 is 0 Å². The Labute approximate surface area is 92.4 Å². The molecule has 1 heterocycles. The molecule has 0 aliphatic rings. The number of aryl methyl sites for hydroxylation is 1. The molecule has 0 radical (unpaired) electrons. The lowest BCUT2D eigenvalue weighted by Gasteiger charge is -1.97. The molecule has 14 heavy (non-hydrogen) atoms. The van der Waals surface area contributed by atoms with Gasteiger partial charge in [-0.05, 0) is 24.6 Å². The lowest BCUT2D eigenvalue weighted by atomic mass is 10.2. The van der Waals surface area contributed by atoms with Gasteiger partial charge in [0.25, 0.3) is 0 Å². The fourth-order valence-electron chi connectivity index (χ4n) is 1.26. The molecule has 0 atom stereocenters. The molecule has 1 aromatic heterocycles. The number of halogens is 1. The minimum Gasteiger partial charge on any atom is -0.249 e. The predicted molar refractivity (Wildman–Crippen MR) is 61.1 cm³/mol. The van der Waals surface area contributed by atoms with Crippen molar-refractivity contribution in [3.8, 4) is 0 Å². The summed E-state index contributed by atoms with van der Waals surface area (Å²) in [7, 11) is 0. The Balaban J connectivity index is 2.15. The van der Waals surface area contributed by atoms with Crippen LogP contribution in [0.2, 0.25) is 5.02 Å². The van der Waals surface area contributed by atoms with E-state index in [1.807, 2.05) is 30.5 Å². The highest BCUT2D eigenvalue weighted by Gasteiger charge is 2.00. The minimum atomic E-state index is 0.782. The van der Waals surface area contributed by atoms with Crippen molar-refractivity contribution in [1.29, 1.82) is 0 Å². The van der Waals surface area contributed by atoms with Crippen molar-refractivity contribution >= 4 is 22.9 Å². The van der Waals surface area contributed by atoms with Crippen LogP contribution in [0.3, 0.4) is 0 Å². The molecule has 0 saturated heterocycles. The van der Waals surface area contributed by atoms with E-state index in [-0.39, 0.29) is 0 Å². The van der Waals surface area contributed by atoms with E-state index in [2.05, 4.69) is 11.9 Å². The monoisotopic (exact) mass is 223 g/mol. The van der Waals surface area contributed by atoms with Crippen molar-refractivity contribution in [2.45, 2.75) is 13.3 Å². The van der Waals surface area contributed by atoms with Crippen molar-refractivity contribution in [3.63, 3.8) is 0 Å². The lowest BCUT2D eigenvalue weighted by Crippen LogP contribution is -1.85. The van der Waals surface area contributed by atoms with Crippen LogP contribution in [0.4, 0.5) is 0 Å². The first-order valence-corrected chi connectivity index (χ1v) is 5.59. The summed E-state index contributed by atoms with van der Waals surface area (Å²) in [5.41, 5.74) is 1.25. The highest BCUT2D eigenvalue weighted by atomic mass is 35.5. The Hall–Kier alpha value is -0.860. The highest BCUT2D eigenvalue weighted by Crippen LogP contribution is 2.17. The Morgan fingerprint density at radius 1 is 1.29 bits per heavy atom. The predicted octanol–water partition coefficient (Wildman–Crippen LogP) is 3.70. The Bertz CT molecular complexity index is 419. The molecule has 1 nitrogen and oxygen atoms in total. The molecule has 0 aliphatic carbocycles. The summed E-state index contributed by atoms with van der Waals surface area (Å²) >= 11 is 7.55. The molecular formula is C11H10ClNS. The van der Waals surface area contributed by atoms with Gasteiger partial charge in [-0.1, -0.05) is 23.7 Å². The average molecular weight is 224 g/mol. The third-order valence-corrected chi connectivity index (χ3v) is 3.10. The van der Waals surface area contributed by atoms with Gasteiger partial charge in [0.1, 0.15) is 0 Å². The highest BCUT2D eigenvalue weighted by molar-refractivity contribution is 7.11. The second kappa shape index (κ2) is 4.11. The molecule has 0 N–H and O–H groups in total. The SMILES string of the molecule is Cc1cnc(Cc2ccc(Cl)cc2)s1. The molecule has 2 aromatic rings. The van der Waals surface area contributed by atoms with E-state index in [0.29, 0.717) is 0 Å². The summed E-state index contributed by atoms with van der Waals surface area (Å²) in [4.78, 5) is 5.58. The maximum Gasteiger partial charge on any atom is 0.0971 e. The van der Waals surface area contributed by atoms with Gasteiger partial charge in [0.05, 0.1) is 5.01 Å². The van der Waals surface area contributed by atoms with E-state index in [1.54, 1.807) is 11.3 Å². The second-order valence-corrected chi connectivity index (χ2v) is 4.92. The molecular weight excluding hydrogens is 214 g/mol. The van der Waals surface area contributed by atoms with Crippen molar-refractivity contribution in [2.75, 3.05) is 0 Å². The first kappa shape index (κ1) is 9.69. The van der Waals surface area contributed by atoms with E-state index >= 15 is 0 Å². The molecule has 0 amide bonds. The third-order valence-electron chi connectivity index (χ3n) is 1.94. The van der Waals surface area contributed by atoms with E-state index in [1.165, 1.54) is 10.4 Å². The van der Waals surface area contributed by atoms with Gasteiger partial charge in [-0.2, -0.15) is 0 Å². The van der Waals surface area contributed by atoms with E-state index < -0.39 is 0 Å². The van der Waals surface area contributed by atoms with E-state index in [0.717, 1.165) is 16.5 Å². The van der Waals surface area contributed by atoms with Gasteiger partial charge in [-0.15, -0.1) is 11.3 Å². The Morgan fingerprint density at radius 2 is 2.00 bits per heavy atom. The molecule has 0 saturated carbocycles. The smallest absolute Gasteiger partial charge is 0.0971 e. The van der Waals surface area contributed by atoms with Crippen LogP contribution in [0, 0.1) is 6.92 Å². The first-order valence-electron chi connectivity index (χ1n) is 4.40. The normalized spacial score (nSPS) is 10.4. The number of thiazole rings is 1. The molecule has 0 aliphatic heterocycles. The second-order valence-electron chi connectivity index (χ2n) is 3.17. The Morgan fingerprint density at radius 3 is 2.57 bits per heavy atom.